The van der Waals surface area contributed by atoms with E-state index in [4.69, 9.17) is 10.7 Å². The first-order valence-corrected chi connectivity index (χ1v) is 11.7. The molecule has 0 aliphatic heterocycles. The monoisotopic (exact) mass is 459 g/mol. The van der Waals surface area contributed by atoms with E-state index in [0.717, 1.165) is 55.9 Å². The van der Waals surface area contributed by atoms with Crippen molar-refractivity contribution < 1.29 is 0 Å². The molecule has 0 amide bonds. The molecule has 35 heavy (non-hydrogen) atoms. The molecular formula is C28H25N7. The highest BCUT2D eigenvalue weighted by Crippen LogP contribution is 2.35. The Labute approximate surface area is 202 Å². The summed E-state index contributed by atoms with van der Waals surface area (Å²) in [5.41, 5.74) is 13.6. The molecule has 6 rings (SSSR count). The van der Waals surface area contributed by atoms with Crippen molar-refractivity contribution in [1.29, 1.82) is 0 Å². The van der Waals surface area contributed by atoms with Crippen molar-refractivity contribution in [3.8, 4) is 33.8 Å². The Morgan fingerprint density at radius 2 is 1.69 bits per heavy atom. The van der Waals surface area contributed by atoms with E-state index in [1.807, 2.05) is 51.9 Å². The van der Waals surface area contributed by atoms with Crippen molar-refractivity contribution in [2.45, 2.75) is 26.4 Å². The molecule has 4 aromatic heterocycles. The van der Waals surface area contributed by atoms with Crippen molar-refractivity contribution in [3.05, 3.63) is 90.9 Å². The van der Waals surface area contributed by atoms with E-state index < -0.39 is 0 Å². The van der Waals surface area contributed by atoms with Crippen LogP contribution in [0.2, 0.25) is 0 Å². The summed E-state index contributed by atoms with van der Waals surface area (Å²) in [5, 5.41) is 14.5. The number of fused-ring (bicyclic) bond motifs is 3. The molecule has 0 unspecified atom stereocenters. The van der Waals surface area contributed by atoms with Crippen molar-refractivity contribution in [2.24, 2.45) is 5.73 Å². The van der Waals surface area contributed by atoms with Gasteiger partial charge in [0.25, 0.3) is 0 Å². The Hall–Kier alpha value is -4.36. The third-order valence-corrected chi connectivity index (χ3v) is 6.31. The smallest absolute Gasteiger partial charge is 0.171 e. The van der Waals surface area contributed by atoms with Gasteiger partial charge in [0, 0.05) is 41.5 Å². The maximum Gasteiger partial charge on any atom is 0.171 e. The fourth-order valence-electron chi connectivity index (χ4n) is 4.38. The van der Waals surface area contributed by atoms with Crippen LogP contribution in [0.15, 0.2) is 85.3 Å². The van der Waals surface area contributed by atoms with Crippen LogP contribution in [0.1, 0.15) is 25.5 Å². The van der Waals surface area contributed by atoms with Gasteiger partial charge in [-0.05, 0) is 37.1 Å². The van der Waals surface area contributed by atoms with Crippen molar-refractivity contribution >= 4 is 16.6 Å². The molecule has 4 heterocycles. The molecule has 0 spiro atoms. The molecule has 7 heteroatoms. The van der Waals surface area contributed by atoms with E-state index in [0.29, 0.717) is 6.54 Å². The highest BCUT2D eigenvalue weighted by Gasteiger charge is 2.17. The lowest BCUT2D eigenvalue weighted by atomic mass is 9.97. The van der Waals surface area contributed by atoms with Crippen LogP contribution in [0.5, 0.6) is 0 Å². The van der Waals surface area contributed by atoms with Crippen LogP contribution in [0.25, 0.3) is 50.3 Å². The third kappa shape index (κ3) is 3.66. The molecular weight excluding hydrogens is 434 g/mol. The number of nitrogens with zero attached hydrogens (tertiary/aromatic N) is 6. The lowest BCUT2D eigenvalue weighted by Gasteiger charge is -2.12. The summed E-state index contributed by atoms with van der Waals surface area (Å²) in [4.78, 5) is 5.11. The minimum atomic E-state index is 0.277. The van der Waals surface area contributed by atoms with E-state index in [-0.39, 0.29) is 6.04 Å². The average Bonchev–Trinajstić information content (AvgIpc) is 3.56. The van der Waals surface area contributed by atoms with Gasteiger partial charge in [0.15, 0.2) is 11.5 Å². The second kappa shape index (κ2) is 8.45. The van der Waals surface area contributed by atoms with E-state index in [2.05, 4.69) is 71.6 Å². The molecule has 0 aliphatic carbocycles. The Morgan fingerprint density at radius 1 is 0.886 bits per heavy atom. The van der Waals surface area contributed by atoms with Crippen molar-refractivity contribution in [3.63, 3.8) is 0 Å². The summed E-state index contributed by atoms with van der Waals surface area (Å²) in [6.45, 7) is 4.72. The van der Waals surface area contributed by atoms with Crippen LogP contribution in [0.3, 0.4) is 0 Å². The predicted octanol–water partition coefficient (Wildman–Crippen LogP) is 5.51. The fraction of sp³-hybridized carbons (Fsp3) is 0.143. The van der Waals surface area contributed by atoms with Gasteiger partial charge in [0.2, 0.25) is 0 Å². The van der Waals surface area contributed by atoms with Gasteiger partial charge in [-0.25, -0.2) is 4.98 Å². The Balaban J connectivity index is 1.57. The van der Waals surface area contributed by atoms with Gasteiger partial charge in [0.1, 0.15) is 0 Å². The minimum absolute atomic E-state index is 0.277. The number of benzene rings is 2. The molecule has 0 aliphatic rings. The first-order valence-electron chi connectivity index (χ1n) is 11.7. The molecule has 0 atom stereocenters. The van der Waals surface area contributed by atoms with Gasteiger partial charge in [-0.1, -0.05) is 54.6 Å². The van der Waals surface area contributed by atoms with Crippen LogP contribution in [0.4, 0.5) is 0 Å². The molecule has 0 bridgehead atoms. The van der Waals surface area contributed by atoms with E-state index in [9.17, 15) is 0 Å². The number of hydrogen-bond acceptors (Lipinski definition) is 5. The molecule has 172 valence electrons. The Morgan fingerprint density at radius 3 is 2.40 bits per heavy atom. The summed E-state index contributed by atoms with van der Waals surface area (Å²) in [6, 6.07) is 23.1. The second-order valence-electron chi connectivity index (χ2n) is 8.92. The second-order valence-corrected chi connectivity index (χ2v) is 8.92. The normalized spacial score (nSPS) is 11.7. The first kappa shape index (κ1) is 21.2. The predicted molar refractivity (Wildman–Crippen MR) is 139 cm³/mol. The molecule has 0 fully saturated rings. The number of rotatable bonds is 5. The van der Waals surface area contributed by atoms with Crippen LogP contribution in [-0.4, -0.2) is 29.4 Å². The highest BCUT2D eigenvalue weighted by atomic mass is 15.3. The molecule has 0 saturated heterocycles. The first-order chi connectivity index (χ1) is 17.1. The van der Waals surface area contributed by atoms with Gasteiger partial charge in [-0.15, -0.1) is 10.2 Å². The fourth-order valence-corrected chi connectivity index (χ4v) is 4.38. The van der Waals surface area contributed by atoms with E-state index in [1.54, 1.807) is 0 Å². The third-order valence-electron chi connectivity index (χ3n) is 6.31. The van der Waals surface area contributed by atoms with Gasteiger partial charge in [-0.3, -0.25) is 9.08 Å². The number of nitrogens with two attached hydrogens (primary N) is 1. The minimum Gasteiger partial charge on any atom is -0.326 e. The molecule has 7 nitrogen and oxygen atoms in total. The maximum absolute atomic E-state index is 5.81. The van der Waals surface area contributed by atoms with E-state index >= 15 is 0 Å². The van der Waals surface area contributed by atoms with Crippen LogP contribution < -0.4 is 5.73 Å². The quantitative estimate of drug-likeness (QED) is 0.367. The molecule has 0 radical (unpaired) electrons. The van der Waals surface area contributed by atoms with Crippen molar-refractivity contribution in [2.75, 3.05) is 0 Å². The van der Waals surface area contributed by atoms with Gasteiger partial charge in [-0.2, -0.15) is 5.10 Å². The summed E-state index contributed by atoms with van der Waals surface area (Å²) in [7, 11) is 0. The SMILES string of the molecule is CC(C)n1cc(-c2nnc3c4cc(-c5ccccc5)c(-c5ccc(CN)cc5)nc4ccn23)cn1. The Bertz CT molecular complexity index is 1640. The topological polar surface area (TPSA) is 86.9 Å². The zero-order valence-electron chi connectivity index (χ0n) is 19.6. The van der Waals surface area contributed by atoms with Gasteiger partial charge < -0.3 is 5.73 Å². The average molecular weight is 460 g/mol. The zero-order chi connectivity index (χ0) is 23.9. The van der Waals surface area contributed by atoms with Gasteiger partial charge >= 0.3 is 0 Å². The lowest BCUT2D eigenvalue weighted by Crippen LogP contribution is -1.99. The maximum atomic E-state index is 5.81. The Kier molecular flexibility index (Phi) is 5.12. The van der Waals surface area contributed by atoms with Crippen LogP contribution in [-0.2, 0) is 6.54 Å². The summed E-state index contributed by atoms with van der Waals surface area (Å²) in [6.07, 6.45) is 5.83. The van der Waals surface area contributed by atoms with Gasteiger partial charge in [0.05, 0.1) is 23.0 Å². The lowest BCUT2D eigenvalue weighted by molar-refractivity contribution is 0.532. The van der Waals surface area contributed by atoms with E-state index in [1.165, 1.54) is 0 Å². The standard InChI is InChI=1S/C28H25N7/c1-18(2)35-17-22(16-30-35)27-32-33-28-24-14-23(20-6-4-3-5-7-20)26(31-25(24)12-13-34(27)28)21-10-8-19(15-29)9-11-21/h3-14,16-18H,15,29H2,1-2H3. The molecule has 6 aromatic rings. The van der Waals surface area contributed by atoms with Crippen LogP contribution in [0, 0.1) is 0 Å². The zero-order valence-corrected chi connectivity index (χ0v) is 19.6. The molecule has 2 N–H and O–H groups in total. The number of aromatic nitrogens is 6. The highest BCUT2D eigenvalue weighted by molar-refractivity contribution is 5.98. The summed E-state index contributed by atoms with van der Waals surface area (Å²) < 4.78 is 3.94. The number of hydrogen-bond donors (Lipinski definition) is 1. The molecule has 2 aromatic carbocycles. The number of pyridine rings is 2. The summed E-state index contributed by atoms with van der Waals surface area (Å²) in [5.74, 6) is 0.761. The van der Waals surface area contributed by atoms with Crippen LogP contribution >= 0.6 is 0 Å². The van der Waals surface area contributed by atoms with Crippen molar-refractivity contribution in [1.82, 2.24) is 29.4 Å². The summed E-state index contributed by atoms with van der Waals surface area (Å²) >= 11 is 0. The largest absolute Gasteiger partial charge is 0.326 e. The molecule has 0 saturated carbocycles.